The second-order valence-corrected chi connectivity index (χ2v) is 7.19. The highest BCUT2D eigenvalue weighted by Crippen LogP contribution is 2.26. The average Bonchev–Trinajstić information content (AvgIpc) is 2.56. The molecule has 2 rings (SSSR count). The molecule has 25 heavy (non-hydrogen) atoms. The van der Waals surface area contributed by atoms with Gasteiger partial charge in [0.15, 0.2) is 0 Å². The highest BCUT2D eigenvalue weighted by atomic mass is 35.5. The molecule has 0 heterocycles. The Morgan fingerprint density at radius 1 is 1.00 bits per heavy atom. The number of carbonyl (C=O) groups is 2. The maximum absolute atomic E-state index is 12.5. The standard InChI is InChI=1S/C19H20Cl2N2O2/c1-12-5-4-6-13(9-12)11-22-17(24)19(2,3)18(25)23-14-7-8-15(20)16(21)10-14/h4-10H,11H2,1-3H3,(H,22,24)(H,23,25). The van der Waals surface area contributed by atoms with Crippen molar-refractivity contribution in [2.24, 2.45) is 5.41 Å². The fraction of sp³-hybridized carbons (Fsp3) is 0.263. The summed E-state index contributed by atoms with van der Waals surface area (Å²) in [6.45, 7) is 5.50. The second kappa shape index (κ2) is 7.89. The van der Waals surface area contributed by atoms with Gasteiger partial charge >= 0.3 is 0 Å². The summed E-state index contributed by atoms with van der Waals surface area (Å²) in [5.74, 6) is -0.779. The summed E-state index contributed by atoms with van der Waals surface area (Å²) in [6, 6.07) is 12.6. The summed E-state index contributed by atoms with van der Waals surface area (Å²) in [5.41, 5.74) is 1.34. The highest BCUT2D eigenvalue weighted by Gasteiger charge is 2.36. The number of hydrogen-bond acceptors (Lipinski definition) is 2. The normalized spacial score (nSPS) is 11.1. The van der Waals surface area contributed by atoms with Crippen molar-refractivity contribution in [3.8, 4) is 0 Å². The van der Waals surface area contributed by atoms with E-state index in [1.165, 1.54) is 0 Å². The number of hydrogen-bond donors (Lipinski definition) is 2. The zero-order valence-electron chi connectivity index (χ0n) is 14.3. The molecule has 0 aliphatic carbocycles. The topological polar surface area (TPSA) is 58.2 Å². The van der Waals surface area contributed by atoms with Gasteiger partial charge in [0, 0.05) is 12.2 Å². The van der Waals surface area contributed by atoms with Gasteiger partial charge in [-0.1, -0.05) is 53.0 Å². The molecule has 0 fully saturated rings. The third kappa shape index (κ3) is 4.97. The first-order valence-corrected chi connectivity index (χ1v) is 8.56. The smallest absolute Gasteiger partial charge is 0.239 e. The third-order valence-electron chi connectivity index (χ3n) is 3.85. The lowest BCUT2D eigenvalue weighted by atomic mass is 9.90. The van der Waals surface area contributed by atoms with E-state index in [0.717, 1.165) is 11.1 Å². The van der Waals surface area contributed by atoms with Crippen LogP contribution in [0.3, 0.4) is 0 Å². The number of nitrogens with one attached hydrogen (secondary N) is 2. The van der Waals surface area contributed by atoms with Gasteiger partial charge in [0.05, 0.1) is 10.0 Å². The van der Waals surface area contributed by atoms with Crippen LogP contribution in [0.2, 0.25) is 10.0 Å². The summed E-state index contributed by atoms with van der Waals surface area (Å²) in [7, 11) is 0. The molecular formula is C19H20Cl2N2O2. The maximum atomic E-state index is 12.5. The van der Waals surface area contributed by atoms with E-state index in [1.54, 1.807) is 32.0 Å². The van der Waals surface area contributed by atoms with Crippen LogP contribution in [0, 0.1) is 12.3 Å². The summed E-state index contributed by atoms with van der Waals surface area (Å²) in [6.07, 6.45) is 0. The van der Waals surface area contributed by atoms with Crippen molar-refractivity contribution in [1.82, 2.24) is 5.32 Å². The summed E-state index contributed by atoms with van der Waals surface area (Å²) in [4.78, 5) is 24.9. The van der Waals surface area contributed by atoms with Gasteiger partial charge in [-0.15, -0.1) is 0 Å². The molecule has 6 heteroatoms. The van der Waals surface area contributed by atoms with Gasteiger partial charge in [0.25, 0.3) is 0 Å². The lowest BCUT2D eigenvalue weighted by molar-refractivity contribution is -0.138. The first kappa shape index (κ1) is 19.3. The Bertz CT molecular complexity index is 804. The van der Waals surface area contributed by atoms with Crippen LogP contribution in [-0.4, -0.2) is 11.8 Å². The number of halogens is 2. The van der Waals surface area contributed by atoms with Crippen LogP contribution in [-0.2, 0) is 16.1 Å². The van der Waals surface area contributed by atoms with Crippen molar-refractivity contribution in [3.63, 3.8) is 0 Å². The van der Waals surface area contributed by atoms with E-state index < -0.39 is 11.3 Å². The fourth-order valence-corrected chi connectivity index (χ4v) is 2.49. The van der Waals surface area contributed by atoms with Crippen LogP contribution in [0.4, 0.5) is 5.69 Å². The lowest BCUT2D eigenvalue weighted by Gasteiger charge is -2.23. The van der Waals surface area contributed by atoms with E-state index in [2.05, 4.69) is 10.6 Å². The first-order chi connectivity index (χ1) is 11.7. The minimum Gasteiger partial charge on any atom is -0.351 e. The zero-order valence-corrected chi connectivity index (χ0v) is 15.8. The SMILES string of the molecule is Cc1cccc(CNC(=O)C(C)(C)C(=O)Nc2ccc(Cl)c(Cl)c2)c1. The predicted octanol–water partition coefficient (Wildman–Crippen LogP) is 4.58. The Hall–Kier alpha value is -2.04. The van der Waals surface area contributed by atoms with Crippen molar-refractivity contribution in [3.05, 3.63) is 63.6 Å². The number of aryl methyl sites for hydroxylation is 1. The zero-order chi connectivity index (χ0) is 18.6. The summed E-state index contributed by atoms with van der Waals surface area (Å²) >= 11 is 11.8. The second-order valence-electron chi connectivity index (χ2n) is 6.38. The summed E-state index contributed by atoms with van der Waals surface area (Å²) in [5, 5.41) is 6.23. The van der Waals surface area contributed by atoms with Crippen LogP contribution in [0.5, 0.6) is 0 Å². The van der Waals surface area contributed by atoms with E-state index in [9.17, 15) is 9.59 Å². The van der Waals surface area contributed by atoms with Crippen LogP contribution < -0.4 is 10.6 Å². The van der Waals surface area contributed by atoms with Crippen LogP contribution in [0.15, 0.2) is 42.5 Å². The van der Waals surface area contributed by atoms with Crippen LogP contribution in [0.1, 0.15) is 25.0 Å². The largest absolute Gasteiger partial charge is 0.351 e. The molecule has 0 saturated carbocycles. The molecule has 0 radical (unpaired) electrons. The number of anilines is 1. The van der Waals surface area contributed by atoms with Gasteiger partial charge in [0.1, 0.15) is 5.41 Å². The molecule has 132 valence electrons. The van der Waals surface area contributed by atoms with Gasteiger partial charge in [-0.3, -0.25) is 9.59 Å². The molecule has 0 unspecified atom stereocenters. The van der Waals surface area contributed by atoms with Gasteiger partial charge in [-0.25, -0.2) is 0 Å². The molecular weight excluding hydrogens is 359 g/mol. The molecule has 2 amide bonds. The number of amides is 2. The van der Waals surface area contributed by atoms with Gasteiger partial charge in [0.2, 0.25) is 11.8 Å². The quantitative estimate of drug-likeness (QED) is 0.747. The molecule has 0 saturated heterocycles. The fourth-order valence-electron chi connectivity index (χ4n) is 2.19. The highest BCUT2D eigenvalue weighted by molar-refractivity contribution is 6.42. The van der Waals surface area contributed by atoms with Crippen LogP contribution in [0.25, 0.3) is 0 Å². The minimum absolute atomic E-state index is 0.334. The van der Waals surface area contributed by atoms with Crippen molar-refractivity contribution in [2.75, 3.05) is 5.32 Å². The number of carbonyl (C=O) groups excluding carboxylic acids is 2. The molecule has 4 nitrogen and oxygen atoms in total. The Morgan fingerprint density at radius 2 is 1.72 bits per heavy atom. The predicted molar refractivity (Wildman–Crippen MR) is 102 cm³/mol. The lowest BCUT2D eigenvalue weighted by Crippen LogP contribution is -2.44. The van der Waals surface area contributed by atoms with E-state index >= 15 is 0 Å². The molecule has 2 N–H and O–H groups in total. The van der Waals surface area contributed by atoms with Crippen molar-refractivity contribution in [1.29, 1.82) is 0 Å². The third-order valence-corrected chi connectivity index (χ3v) is 4.59. The average molecular weight is 379 g/mol. The monoisotopic (exact) mass is 378 g/mol. The molecule has 0 aromatic heterocycles. The Morgan fingerprint density at radius 3 is 2.36 bits per heavy atom. The summed E-state index contributed by atoms with van der Waals surface area (Å²) < 4.78 is 0. The first-order valence-electron chi connectivity index (χ1n) is 7.80. The molecule has 0 aliphatic rings. The van der Waals surface area contributed by atoms with Crippen LogP contribution >= 0.6 is 23.2 Å². The Kier molecular flexibility index (Phi) is 6.09. The molecule has 0 bridgehead atoms. The van der Waals surface area contributed by atoms with E-state index in [-0.39, 0.29) is 5.91 Å². The minimum atomic E-state index is -1.24. The Labute approximate surface area is 157 Å². The van der Waals surface area contributed by atoms with Crippen molar-refractivity contribution < 1.29 is 9.59 Å². The molecule has 0 aliphatic heterocycles. The van der Waals surface area contributed by atoms with Gasteiger partial charge in [-0.2, -0.15) is 0 Å². The van der Waals surface area contributed by atoms with E-state index in [1.807, 2.05) is 31.2 Å². The molecule has 2 aromatic rings. The number of rotatable bonds is 5. The number of benzene rings is 2. The molecule has 0 atom stereocenters. The van der Waals surface area contributed by atoms with Gasteiger partial charge < -0.3 is 10.6 Å². The maximum Gasteiger partial charge on any atom is 0.239 e. The van der Waals surface area contributed by atoms with Crippen molar-refractivity contribution >= 4 is 40.7 Å². The van der Waals surface area contributed by atoms with E-state index in [4.69, 9.17) is 23.2 Å². The van der Waals surface area contributed by atoms with E-state index in [0.29, 0.717) is 22.3 Å². The molecule has 2 aromatic carbocycles. The molecule has 0 spiro atoms. The van der Waals surface area contributed by atoms with Gasteiger partial charge in [-0.05, 0) is 44.5 Å². The Balaban J connectivity index is 2.01. The van der Waals surface area contributed by atoms with Crippen molar-refractivity contribution in [2.45, 2.75) is 27.3 Å².